The number of carbonyl (C=O) groups is 1. The van der Waals surface area contributed by atoms with Gasteiger partial charge in [-0.15, -0.1) is 0 Å². The minimum Gasteiger partial charge on any atom is -0.495 e. The second kappa shape index (κ2) is 8.54. The minimum absolute atomic E-state index is 0.0766. The second-order valence-electron chi connectivity index (χ2n) is 9.38. The molecule has 4 rings (SSSR count). The number of carbonyl (C=O) groups excluding carboxylic acids is 1. The SMILES string of the molecule is COc1cc(C)ccc1S(=O)(=O)n1ccc2c3c(ccc21)OCCN(C(=O)OC(C)(C)C)C3C. The van der Waals surface area contributed by atoms with E-state index < -0.39 is 21.7 Å². The third-order valence-electron chi connectivity index (χ3n) is 5.80. The van der Waals surface area contributed by atoms with Gasteiger partial charge in [-0.3, -0.25) is 4.90 Å². The zero-order valence-corrected chi connectivity index (χ0v) is 21.1. The van der Waals surface area contributed by atoms with E-state index in [2.05, 4.69) is 0 Å². The van der Waals surface area contributed by atoms with Crippen LogP contribution < -0.4 is 9.47 Å². The van der Waals surface area contributed by atoms with Gasteiger partial charge >= 0.3 is 6.09 Å². The molecule has 0 radical (unpaired) electrons. The summed E-state index contributed by atoms with van der Waals surface area (Å²) in [6, 6.07) is 9.82. The first-order valence-corrected chi connectivity index (χ1v) is 12.5. The Morgan fingerprint density at radius 2 is 1.88 bits per heavy atom. The summed E-state index contributed by atoms with van der Waals surface area (Å²) in [5, 5.41) is 0.690. The molecule has 0 bridgehead atoms. The number of aromatic nitrogens is 1. The normalized spacial score (nSPS) is 16.5. The molecule has 3 aromatic rings. The number of hydrogen-bond acceptors (Lipinski definition) is 6. The monoisotopic (exact) mass is 486 g/mol. The number of amides is 1. The van der Waals surface area contributed by atoms with Crippen LogP contribution in [0.2, 0.25) is 0 Å². The van der Waals surface area contributed by atoms with E-state index in [9.17, 15) is 13.2 Å². The average molecular weight is 487 g/mol. The summed E-state index contributed by atoms with van der Waals surface area (Å²) in [4.78, 5) is 14.6. The Morgan fingerprint density at radius 1 is 1.15 bits per heavy atom. The van der Waals surface area contributed by atoms with Gasteiger partial charge in [-0.25, -0.2) is 17.2 Å². The number of fused-ring (bicyclic) bond motifs is 3. The number of aryl methyl sites for hydroxylation is 1. The quantitative estimate of drug-likeness (QED) is 0.524. The molecule has 1 aliphatic rings. The molecule has 8 nitrogen and oxygen atoms in total. The standard InChI is InChI=1S/C25H30N2O6S/c1-16-7-10-22(21(15-16)31-6)34(29,30)27-12-11-18-19(27)8-9-20-23(18)17(2)26(13-14-32-20)24(28)33-25(3,4)5/h7-12,15,17H,13-14H2,1-6H3. The molecule has 34 heavy (non-hydrogen) atoms. The van der Waals surface area contributed by atoms with Crippen LogP contribution >= 0.6 is 0 Å². The second-order valence-corrected chi connectivity index (χ2v) is 11.2. The third-order valence-corrected chi connectivity index (χ3v) is 7.53. The Labute approximate surface area is 200 Å². The van der Waals surface area contributed by atoms with Crippen LogP contribution in [0, 0.1) is 6.92 Å². The Morgan fingerprint density at radius 3 is 2.56 bits per heavy atom. The Kier molecular flexibility index (Phi) is 6.01. The van der Waals surface area contributed by atoms with E-state index in [1.807, 2.05) is 34.6 Å². The van der Waals surface area contributed by atoms with Crippen molar-refractivity contribution in [2.45, 2.75) is 51.2 Å². The van der Waals surface area contributed by atoms with E-state index in [0.717, 1.165) is 11.1 Å². The molecule has 0 N–H and O–H groups in total. The van der Waals surface area contributed by atoms with Gasteiger partial charge < -0.3 is 14.2 Å². The van der Waals surface area contributed by atoms with Gasteiger partial charge in [0.2, 0.25) is 0 Å². The van der Waals surface area contributed by atoms with E-state index in [1.54, 1.807) is 41.3 Å². The van der Waals surface area contributed by atoms with Gasteiger partial charge in [-0.2, -0.15) is 0 Å². The highest BCUT2D eigenvalue weighted by Crippen LogP contribution is 2.40. The molecule has 9 heteroatoms. The van der Waals surface area contributed by atoms with Crippen LogP contribution in [0.15, 0.2) is 47.5 Å². The summed E-state index contributed by atoms with van der Waals surface area (Å²) in [7, 11) is -2.49. The van der Waals surface area contributed by atoms with Gasteiger partial charge in [-0.1, -0.05) is 6.07 Å². The summed E-state index contributed by atoms with van der Waals surface area (Å²) in [5.41, 5.74) is 1.49. The fraction of sp³-hybridized carbons (Fsp3) is 0.400. The van der Waals surface area contributed by atoms with Crippen molar-refractivity contribution in [1.29, 1.82) is 0 Å². The maximum absolute atomic E-state index is 13.6. The van der Waals surface area contributed by atoms with Gasteiger partial charge in [0.25, 0.3) is 10.0 Å². The number of hydrogen-bond donors (Lipinski definition) is 0. The van der Waals surface area contributed by atoms with E-state index in [-0.39, 0.29) is 16.7 Å². The molecule has 182 valence electrons. The van der Waals surface area contributed by atoms with Crippen molar-refractivity contribution >= 4 is 27.0 Å². The fourth-order valence-electron chi connectivity index (χ4n) is 4.23. The van der Waals surface area contributed by atoms with Crippen molar-refractivity contribution in [2.75, 3.05) is 20.3 Å². The molecular weight excluding hydrogens is 456 g/mol. The van der Waals surface area contributed by atoms with Crippen molar-refractivity contribution in [3.63, 3.8) is 0 Å². The Balaban J connectivity index is 1.83. The number of rotatable bonds is 3. The molecule has 2 heterocycles. The topological polar surface area (TPSA) is 87.1 Å². The lowest BCUT2D eigenvalue weighted by molar-refractivity contribution is 0.0168. The van der Waals surface area contributed by atoms with Crippen LogP contribution in [0.4, 0.5) is 4.79 Å². The lowest BCUT2D eigenvalue weighted by Crippen LogP contribution is -2.39. The van der Waals surface area contributed by atoms with Crippen LogP contribution in [0.5, 0.6) is 11.5 Å². The first-order chi connectivity index (χ1) is 15.9. The molecule has 2 aromatic carbocycles. The first-order valence-electron chi connectivity index (χ1n) is 11.1. The minimum atomic E-state index is -3.94. The van der Waals surface area contributed by atoms with E-state index in [4.69, 9.17) is 14.2 Å². The van der Waals surface area contributed by atoms with Gasteiger partial charge in [0.05, 0.1) is 25.2 Å². The molecule has 0 saturated carbocycles. The Hall–Kier alpha value is -3.20. The van der Waals surface area contributed by atoms with Crippen LogP contribution in [-0.4, -0.2) is 49.2 Å². The van der Waals surface area contributed by atoms with Crippen LogP contribution in [0.1, 0.15) is 44.9 Å². The van der Waals surface area contributed by atoms with Gasteiger partial charge in [-0.05, 0) is 70.5 Å². The van der Waals surface area contributed by atoms with Gasteiger partial charge in [0, 0.05) is 17.1 Å². The van der Waals surface area contributed by atoms with Crippen LogP contribution in [0.3, 0.4) is 0 Å². The average Bonchev–Trinajstić information content (AvgIpc) is 3.11. The van der Waals surface area contributed by atoms with Gasteiger partial charge in [0.1, 0.15) is 28.6 Å². The molecule has 0 spiro atoms. The molecule has 0 saturated heterocycles. The first kappa shape index (κ1) is 23.9. The van der Waals surface area contributed by atoms with Crippen molar-refractivity contribution in [1.82, 2.24) is 8.87 Å². The predicted molar refractivity (Wildman–Crippen MR) is 129 cm³/mol. The largest absolute Gasteiger partial charge is 0.495 e. The van der Waals surface area contributed by atoms with E-state index in [0.29, 0.717) is 29.8 Å². The Bertz CT molecular complexity index is 1350. The third kappa shape index (κ3) is 4.20. The maximum atomic E-state index is 13.6. The highest BCUT2D eigenvalue weighted by molar-refractivity contribution is 7.90. The lowest BCUT2D eigenvalue weighted by Gasteiger charge is -2.30. The predicted octanol–water partition coefficient (Wildman–Crippen LogP) is 4.89. The maximum Gasteiger partial charge on any atom is 0.410 e. The molecule has 1 atom stereocenters. The summed E-state index contributed by atoms with van der Waals surface area (Å²) in [6.07, 6.45) is 1.08. The van der Waals surface area contributed by atoms with Crippen molar-refractivity contribution in [3.8, 4) is 11.5 Å². The smallest absolute Gasteiger partial charge is 0.410 e. The number of nitrogens with zero attached hydrogens (tertiary/aromatic N) is 2. The molecular formula is C25H30N2O6S. The fourth-order valence-corrected chi connectivity index (χ4v) is 5.72. The number of benzene rings is 2. The van der Waals surface area contributed by atoms with Crippen LogP contribution in [-0.2, 0) is 14.8 Å². The van der Waals surface area contributed by atoms with E-state index >= 15 is 0 Å². The molecule has 1 aromatic heterocycles. The lowest BCUT2D eigenvalue weighted by atomic mass is 10.0. The van der Waals surface area contributed by atoms with Crippen molar-refractivity contribution in [2.24, 2.45) is 0 Å². The van der Waals surface area contributed by atoms with Crippen LogP contribution in [0.25, 0.3) is 10.9 Å². The van der Waals surface area contributed by atoms with Crippen molar-refractivity contribution < 1.29 is 27.4 Å². The molecule has 0 aliphatic carbocycles. The molecule has 1 amide bonds. The number of methoxy groups -OCH3 is 1. The number of ether oxygens (including phenoxy) is 3. The summed E-state index contributed by atoms with van der Waals surface area (Å²) in [5.74, 6) is 0.901. The summed E-state index contributed by atoms with van der Waals surface area (Å²) >= 11 is 0. The van der Waals surface area contributed by atoms with Crippen molar-refractivity contribution in [3.05, 3.63) is 53.7 Å². The highest BCUT2D eigenvalue weighted by atomic mass is 32.2. The zero-order chi connectivity index (χ0) is 24.8. The molecule has 1 aliphatic heterocycles. The highest BCUT2D eigenvalue weighted by Gasteiger charge is 2.33. The summed E-state index contributed by atoms with van der Waals surface area (Å²) in [6.45, 7) is 9.89. The summed E-state index contributed by atoms with van der Waals surface area (Å²) < 4.78 is 45.4. The molecule has 1 unspecified atom stereocenters. The molecule has 0 fully saturated rings. The van der Waals surface area contributed by atoms with E-state index in [1.165, 1.54) is 17.3 Å². The zero-order valence-electron chi connectivity index (χ0n) is 20.3. The van der Waals surface area contributed by atoms with Gasteiger partial charge in [0.15, 0.2) is 0 Å².